The Morgan fingerprint density at radius 1 is 1.12 bits per heavy atom. The van der Waals surface area contributed by atoms with E-state index in [4.69, 9.17) is 4.74 Å². The molecule has 1 saturated heterocycles. The average Bonchev–Trinajstić information content (AvgIpc) is 2.62. The monoisotopic (exact) mass is 369 g/mol. The second kappa shape index (κ2) is 7.08. The summed E-state index contributed by atoms with van der Waals surface area (Å²) in [5.41, 5.74) is -0.329. The third kappa shape index (κ3) is 3.73. The van der Waals surface area contributed by atoms with Crippen LogP contribution in [0.5, 0.6) is 5.88 Å². The number of hydrogen-bond donors (Lipinski definition) is 2. The number of pyridine rings is 2. The van der Waals surface area contributed by atoms with Crippen molar-refractivity contribution in [2.24, 2.45) is 0 Å². The molecule has 2 aromatic heterocycles. The molecule has 0 bridgehead atoms. The summed E-state index contributed by atoms with van der Waals surface area (Å²) in [5.74, 6) is -0.264. The zero-order valence-electron chi connectivity index (χ0n) is 13.8. The number of aliphatic hydroxyl groups excluding tert-OH is 2. The summed E-state index contributed by atoms with van der Waals surface area (Å²) < 4.78 is 43.9. The van der Waals surface area contributed by atoms with E-state index in [9.17, 15) is 23.4 Å². The van der Waals surface area contributed by atoms with E-state index in [1.807, 2.05) is 0 Å². The van der Waals surface area contributed by atoms with E-state index in [0.717, 1.165) is 11.8 Å². The standard InChI is InChI=1S/C17H18F3N3O3/c1-10-15(24)16(25)12(9-23(10)11-5-7-21-8-6-11)26-14-4-2-3-13(22-14)17(18,19)20/h2-8,10,12,15-16,24-25H,9H2,1H3/t10?,12-,15-,16+/m0/s1. The van der Waals surface area contributed by atoms with Crippen molar-refractivity contribution in [2.75, 3.05) is 11.4 Å². The summed E-state index contributed by atoms with van der Waals surface area (Å²) in [4.78, 5) is 9.18. The minimum Gasteiger partial charge on any atom is -0.470 e. The van der Waals surface area contributed by atoms with Gasteiger partial charge in [-0.05, 0) is 25.1 Å². The number of nitrogens with zero attached hydrogens (tertiary/aromatic N) is 3. The van der Waals surface area contributed by atoms with Crippen LogP contribution in [-0.4, -0.2) is 51.1 Å². The molecule has 1 fully saturated rings. The van der Waals surface area contributed by atoms with E-state index < -0.39 is 36.2 Å². The van der Waals surface area contributed by atoms with Crippen molar-refractivity contribution in [3.63, 3.8) is 0 Å². The van der Waals surface area contributed by atoms with Crippen LogP contribution in [0.25, 0.3) is 0 Å². The van der Waals surface area contributed by atoms with E-state index in [-0.39, 0.29) is 12.4 Å². The molecule has 3 rings (SSSR count). The number of halogens is 3. The highest BCUT2D eigenvalue weighted by Crippen LogP contribution is 2.30. The highest BCUT2D eigenvalue weighted by Gasteiger charge is 2.42. The van der Waals surface area contributed by atoms with Crippen LogP contribution < -0.4 is 9.64 Å². The molecular weight excluding hydrogens is 351 g/mol. The molecule has 4 atom stereocenters. The van der Waals surface area contributed by atoms with Crippen molar-refractivity contribution in [3.05, 3.63) is 48.4 Å². The highest BCUT2D eigenvalue weighted by molar-refractivity contribution is 5.47. The van der Waals surface area contributed by atoms with Crippen molar-refractivity contribution >= 4 is 5.69 Å². The Balaban J connectivity index is 1.83. The van der Waals surface area contributed by atoms with Crippen LogP contribution in [0, 0.1) is 0 Å². The first-order valence-electron chi connectivity index (χ1n) is 8.01. The summed E-state index contributed by atoms with van der Waals surface area (Å²) in [6.45, 7) is 1.91. The lowest BCUT2D eigenvalue weighted by Gasteiger charge is -2.44. The van der Waals surface area contributed by atoms with Gasteiger partial charge in [0.25, 0.3) is 0 Å². The molecule has 140 valence electrons. The number of aliphatic hydroxyl groups is 2. The van der Waals surface area contributed by atoms with Crippen LogP contribution in [0.15, 0.2) is 42.7 Å². The van der Waals surface area contributed by atoms with Gasteiger partial charge in [0.1, 0.15) is 24.0 Å². The molecule has 0 aromatic carbocycles. The van der Waals surface area contributed by atoms with Gasteiger partial charge in [0.2, 0.25) is 5.88 Å². The number of alkyl halides is 3. The van der Waals surface area contributed by atoms with Gasteiger partial charge in [-0.3, -0.25) is 4.98 Å². The lowest BCUT2D eigenvalue weighted by molar-refractivity contribution is -0.141. The van der Waals surface area contributed by atoms with E-state index in [0.29, 0.717) is 0 Å². The van der Waals surface area contributed by atoms with Gasteiger partial charge in [-0.2, -0.15) is 13.2 Å². The molecule has 2 N–H and O–H groups in total. The maximum Gasteiger partial charge on any atom is 0.433 e. The smallest absolute Gasteiger partial charge is 0.433 e. The SMILES string of the molecule is CC1[C@H](O)[C@H](O)[C@@H](Oc2cccc(C(F)(F)F)n2)CN1c1ccncc1. The van der Waals surface area contributed by atoms with Gasteiger partial charge >= 0.3 is 6.18 Å². The van der Waals surface area contributed by atoms with E-state index in [2.05, 4.69) is 9.97 Å². The van der Waals surface area contributed by atoms with Crippen molar-refractivity contribution in [3.8, 4) is 5.88 Å². The van der Waals surface area contributed by atoms with Crippen molar-refractivity contribution in [1.29, 1.82) is 0 Å². The summed E-state index contributed by atoms with van der Waals surface area (Å²) in [5, 5.41) is 20.6. The van der Waals surface area contributed by atoms with Crippen LogP contribution >= 0.6 is 0 Å². The number of aromatic nitrogens is 2. The van der Waals surface area contributed by atoms with Crippen LogP contribution in [0.2, 0.25) is 0 Å². The zero-order valence-corrected chi connectivity index (χ0v) is 13.8. The van der Waals surface area contributed by atoms with Crippen LogP contribution in [0.1, 0.15) is 12.6 Å². The van der Waals surface area contributed by atoms with Gasteiger partial charge in [0, 0.05) is 24.1 Å². The molecule has 1 unspecified atom stereocenters. The molecule has 2 aromatic rings. The van der Waals surface area contributed by atoms with Gasteiger partial charge in [0.15, 0.2) is 0 Å². The topological polar surface area (TPSA) is 78.7 Å². The first-order valence-corrected chi connectivity index (χ1v) is 8.01. The van der Waals surface area contributed by atoms with Crippen LogP contribution in [0.3, 0.4) is 0 Å². The minimum absolute atomic E-state index is 0.168. The molecule has 3 heterocycles. The van der Waals surface area contributed by atoms with Crippen molar-refractivity contribution in [2.45, 2.75) is 37.5 Å². The van der Waals surface area contributed by atoms with E-state index in [1.165, 1.54) is 12.1 Å². The molecule has 26 heavy (non-hydrogen) atoms. The first kappa shape index (κ1) is 18.4. The number of anilines is 1. The van der Waals surface area contributed by atoms with Crippen LogP contribution in [-0.2, 0) is 6.18 Å². The summed E-state index contributed by atoms with van der Waals surface area (Å²) in [6.07, 6.45) is -4.79. The summed E-state index contributed by atoms with van der Waals surface area (Å²) in [6, 6.07) is 6.36. The average molecular weight is 369 g/mol. The van der Waals surface area contributed by atoms with Gasteiger partial charge < -0.3 is 19.8 Å². The summed E-state index contributed by atoms with van der Waals surface area (Å²) >= 11 is 0. The second-order valence-electron chi connectivity index (χ2n) is 6.09. The molecule has 1 aliphatic heterocycles. The van der Waals surface area contributed by atoms with Crippen molar-refractivity contribution < 1.29 is 28.1 Å². The molecule has 1 aliphatic rings. The number of piperidine rings is 1. The Morgan fingerprint density at radius 3 is 2.46 bits per heavy atom. The third-order valence-corrected chi connectivity index (χ3v) is 4.37. The Hall–Kier alpha value is -2.39. The molecule has 0 amide bonds. The highest BCUT2D eigenvalue weighted by atomic mass is 19.4. The number of hydrogen-bond acceptors (Lipinski definition) is 6. The predicted octanol–water partition coefficient (Wildman–Crippen LogP) is 1.87. The maximum absolute atomic E-state index is 12.8. The minimum atomic E-state index is -4.60. The molecule has 6 nitrogen and oxygen atoms in total. The molecule has 0 aliphatic carbocycles. The molecule has 9 heteroatoms. The molecule has 0 spiro atoms. The van der Waals surface area contributed by atoms with Gasteiger partial charge in [0.05, 0.1) is 12.6 Å². The maximum atomic E-state index is 12.8. The number of rotatable bonds is 3. The largest absolute Gasteiger partial charge is 0.470 e. The van der Waals surface area contributed by atoms with E-state index in [1.54, 1.807) is 36.4 Å². The zero-order chi connectivity index (χ0) is 18.9. The first-order chi connectivity index (χ1) is 12.3. The Bertz CT molecular complexity index is 745. The van der Waals surface area contributed by atoms with Gasteiger partial charge in [-0.25, -0.2) is 4.98 Å². The van der Waals surface area contributed by atoms with Crippen molar-refractivity contribution in [1.82, 2.24) is 9.97 Å². The number of ether oxygens (including phenoxy) is 1. The summed E-state index contributed by atoms with van der Waals surface area (Å²) in [7, 11) is 0. The fourth-order valence-corrected chi connectivity index (χ4v) is 2.93. The van der Waals surface area contributed by atoms with Gasteiger partial charge in [-0.15, -0.1) is 0 Å². The molecular formula is C17H18F3N3O3. The third-order valence-electron chi connectivity index (χ3n) is 4.37. The lowest BCUT2D eigenvalue weighted by Crippen LogP contribution is -2.62. The van der Waals surface area contributed by atoms with Crippen LogP contribution in [0.4, 0.5) is 18.9 Å². The predicted molar refractivity (Wildman–Crippen MR) is 86.7 cm³/mol. The van der Waals surface area contributed by atoms with Gasteiger partial charge in [-0.1, -0.05) is 6.07 Å². The fourth-order valence-electron chi connectivity index (χ4n) is 2.93. The quantitative estimate of drug-likeness (QED) is 0.860. The molecule has 0 radical (unpaired) electrons. The second-order valence-corrected chi connectivity index (χ2v) is 6.09. The lowest BCUT2D eigenvalue weighted by atomic mass is 9.94. The Kier molecular flexibility index (Phi) is 5.01. The Morgan fingerprint density at radius 2 is 1.81 bits per heavy atom. The molecule has 0 saturated carbocycles. The van der Waals surface area contributed by atoms with E-state index >= 15 is 0 Å². The normalized spacial score (nSPS) is 26.6. The fraction of sp³-hybridized carbons (Fsp3) is 0.412. The Labute approximate surface area is 147 Å².